The summed E-state index contributed by atoms with van der Waals surface area (Å²) in [7, 11) is 0. The molecule has 68 valence electrons. The molecular formula is C12H10N2. The molecule has 0 unspecified atom stereocenters. The van der Waals surface area contributed by atoms with Crippen LogP contribution in [-0.2, 0) is 0 Å². The number of nitrogens with zero attached hydrogens (tertiary/aromatic N) is 2. The summed E-state index contributed by atoms with van der Waals surface area (Å²) in [6, 6.07) is 13.1. The zero-order valence-corrected chi connectivity index (χ0v) is 7.77. The molecule has 0 radical (unpaired) electrons. The summed E-state index contributed by atoms with van der Waals surface area (Å²) in [5.41, 5.74) is 1.13. The van der Waals surface area contributed by atoms with E-state index < -0.39 is 0 Å². The van der Waals surface area contributed by atoms with E-state index in [1.165, 1.54) is 5.56 Å². The number of hydrogen-bond donors (Lipinski definition) is 0. The van der Waals surface area contributed by atoms with E-state index in [2.05, 4.69) is 13.2 Å². The average molecular weight is 182 g/mol. The number of allylic oxidation sites excluding steroid dienone is 1. The first kappa shape index (κ1) is 11.7. The van der Waals surface area contributed by atoms with Crippen LogP contribution >= 0.6 is 0 Å². The fraction of sp³-hybridized carbons (Fsp3) is 0. The van der Waals surface area contributed by atoms with E-state index in [9.17, 15) is 0 Å². The van der Waals surface area contributed by atoms with Crippen molar-refractivity contribution < 1.29 is 0 Å². The monoisotopic (exact) mass is 182 g/mol. The summed E-state index contributed by atoms with van der Waals surface area (Å²) in [5.74, 6) is 0. The first-order valence-electron chi connectivity index (χ1n) is 3.91. The molecular weight excluding hydrogens is 172 g/mol. The van der Waals surface area contributed by atoms with E-state index in [4.69, 9.17) is 10.5 Å². The Balaban J connectivity index is 0.000000255. The molecule has 1 aromatic rings. The van der Waals surface area contributed by atoms with Crippen LogP contribution in [0.1, 0.15) is 5.56 Å². The van der Waals surface area contributed by atoms with Crippen LogP contribution in [0.3, 0.4) is 0 Å². The molecule has 2 nitrogen and oxygen atoms in total. The molecule has 0 atom stereocenters. The maximum absolute atomic E-state index is 7.76. The molecule has 0 aliphatic carbocycles. The van der Waals surface area contributed by atoms with Gasteiger partial charge in [0.25, 0.3) is 0 Å². The highest BCUT2D eigenvalue weighted by atomic mass is 14.3. The Hall–Kier alpha value is -2.32. The minimum absolute atomic E-state index is 0.0463. The summed E-state index contributed by atoms with van der Waals surface area (Å²) < 4.78 is 0. The predicted molar refractivity (Wildman–Crippen MR) is 56.9 cm³/mol. The van der Waals surface area contributed by atoms with E-state index in [0.29, 0.717) is 0 Å². The number of hydrogen-bond acceptors (Lipinski definition) is 2. The van der Waals surface area contributed by atoms with Crippen molar-refractivity contribution in [1.82, 2.24) is 0 Å². The van der Waals surface area contributed by atoms with Gasteiger partial charge in [-0.3, -0.25) is 0 Å². The molecule has 0 saturated carbocycles. The van der Waals surface area contributed by atoms with Crippen LogP contribution < -0.4 is 0 Å². The van der Waals surface area contributed by atoms with Crippen LogP contribution in [0.15, 0.2) is 49.1 Å². The van der Waals surface area contributed by atoms with Crippen molar-refractivity contribution in [3.05, 3.63) is 54.6 Å². The lowest BCUT2D eigenvalue weighted by Gasteiger charge is -1.85. The van der Waals surface area contributed by atoms with E-state index in [1.807, 2.05) is 36.4 Å². The van der Waals surface area contributed by atoms with Crippen molar-refractivity contribution in [2.24, 2.45) is 0 Å². The molecule has 0 heterocycles. The molecule has 0 aliphatic rings. The predicted octanol–water partition coefficient (Wildman–Crippen LogP) is 2.92. The van der Waals surface area contributed by atoms with Gasteiger partial charge < -0.3 is 0 Å². The van der Waals surface area contributed by atoms with Gasteiger partial charge in [0, 0.05) is 0 Å². The Kier molecular flexibility index (Phi) is 6.12. The van der Waals surface area contributed by atoms with Gasteiger partial charge in [0.1, 0.15) is 17.7 Å². The maximum Gasteiger partial charge on any atom is 0.122 e. The average Bonchev–Trinajstić information content (AvgIpc) is 2.30. The third kappa shape index (κ3) is 5.35. The van der Waals surface area contributed by atoms with Gasteiger partial charge in [0.05, 0.1) is 0 Å². The zero-order valence-electron chi connectivity index (χ0n) is 7.77. The summed E-state index contributed by atoms with van der Waals surface area (Å²) in [6.07, 6.45) is 1.83. The van der Waals surface area contributed by atoms with Crippen molar-refractivity contribution in [2.45, 2.75) is 0 Å². The Morgan fingerprint density at radius 3 is 1.86 bits per heavy atom. The lowest BCUT2D eigenvalue weighted by molar-refractivity contribution is 1.47. The molecule has 2 heteroatoms. The molecule has 0 N–H and O–H groups in total. The second-order valence-corrected chi connectivity index (χ2v) is 2.32. The number of rotatable bonds is 1. The molecule has 0 aliphatic heterocycles. The van der Waals surface area contributed by atoms with Gasteiger partial charge in [-0.2, -0.15) is 10.5 Å². The molecule has 0 saturated heterocycles. The maximum atomic E-state index is 7.76. The Morgan fingerprint density at radius 2 is 1.64 bits per heavy atom. The van der Waals surface area contributed by atoms with Crippen LogP contribution in [0.25, 0.3) is 6.08 Å². The molecule has 1 rings (SSSR count). The van der Waals surface area contributed by atoms with Crippen LogP contribution in [0.5, 0.6) is 0 Å². The lowest BCUT2D eigenvalue weighted by atomic mass is 10.2. The third-order valence-corrected chi connectivity index (χ3v) is 1.31. The van der Waals surface area contributed by atoms with E-state index in [0.717, 1.165) is 0 Å². The first-order chi connectivity index (χ1) is 6.74. The van der Waals surface area contributed by atoms with Gasteiger partial charge in [0.15, 0.2) is 0 Å². The molecule has 14 heavy (non-hydrogen) atoms. The fourth-order valence-electron chi connectivity index (χ4n) is 0.614. The van der Waals surface area contributed by atoms with Crippen LogP contribution in [0, 0.1) is 22.7 Å². The highest BCUT2D eigenvalue weighted by Crippen LogP contribution is 1.97. The van der Waals surface area contributed by atoms with Crippen molar-refractivity contribution in [3.63, 3.8) is 0 Å². The van der Waals surface area contributed by atoms with Crippen LogP contribution in [-0.4, -0.2) is 0 Å². The number of benzene rings is 1. The first-order valence-corrected chi connectivity index (χ1v) is 3.91. The van der Waals surface area contributed by atoms with E-state index >= 15 is 0 Å². The van der Waals surface area contributed by atoms with Crippen molar-refractivity contribution in [2.75, 3.05) is 0 Å². The minimum atomic E-state index is -0.0463. The number of nitriles is 2. The molecule has 0 aromatic heterocycles. The van der Waals surface area contributed by atoms with Gasteiger partial charge in [0.2, 0.25) is 0 Å². The normalized spacial score (nSPS) is 7.00. The third-order valence-electron chi connectivity index (χ3n) is 1.31. The SMILES string of the molecule is C=C(C#N)C#N.C=Cc1ccccc1. The smallest absolute Gasteiger partial charge is 0.122 e. The van der Waals surface area contributed by atoms with E-state index in [-0.39, 0.29) is 5.57 Å². The standard InChI is InChI=1S/C8H8.C4H2N2/c1-2-8-6-4-3-5-7-8;1-4(2-5)3-6/h2-7H,1H2;1H2. The van der Waals surface area contributed by atoms with E-state index in [1.54, 1.807) is 12.1 Å². The molecule has 0 amide bonds. The fourth-order valence-corrected chi connectivity index (χ4v) is 0.614. The van der Waals surface area contributed by atoms with Crippen molar-refractivity contribution in [1.29, 1.82) is 10.5 Å². The summed E-state index contributed by atoms with van der Waals surface area (Å²) >= 11 is 0. The zero-order chi connectivity index (χ0) is 10.8. The summed E-state index contributed by atoms with van der Waals surface area (Å²) in [6.45, 7) is 6.70. The summed E-state index contributed by atoms with van der Waals surface area (Å²) in [5, 5.41) is 15.5. The van der Waals surface area contributed by atoms with Gasteiger partial charge in [-0.05, 0) is 5.56 Å². The van der Waals surface area contributed by atoms with Crippen LogP contribution in [0.2, 0.25) is 0 Å². The highest BCUT2D eigenvalue weighted by Gasteiger charge is 1.76. The molecule has 0 bridgehead atoms. The molecule has 1 aromatic carbocycles. The Bertz CT molecular complexity index is 361. The van der Waals surface area contributed by atoms with Gasteiger partial charge in [-0.15, -0.1) is 0 Å². The van der Waals surface area contributed by atoms with Gasteiger partial charge in [-0.1, -0.05) is 49.6 Å². The summed E-state index contributed by atoms with van der Waals surface area (Å²) in [4.78, 5) is 0. The second kappa shape index (κ2) is 7.34. The molecule has 0 spiro atoms. The quantitative estimate of drug-likeness (QED) is 0.627. The Labute approximate surface area is 84.0 Å². The van der Waals surface area contributed by atoms with Crippen molar-refractivity contribution >= 4 is 6.08 Å². The van der Waals surface area contributed by atoms with Gasteiger partial charge in [-0.25, -0.2) is 0 Å². The topological polar surface area (TPSA) is 47.6 Å². The van der Waals surface area contributed by atoms with Crippen molar-refractivity contribution in [3.8, 4) is 12.1 Å². The second-order valence-electron chi connectivity index (χ2n) is 2.32. The highest BCUT2D eigenvalue weighted by molar-refractivity contribution is 5.45. The van der Waals surface area contributed by atoms with Gasteiger partial charge >= 0.3 is 0 Å². The minimum Gasteiger partial charge on any atom is -0.192 e. The molecule has 0 fully saturated rings. The lowest BCUT2D eigenvalue weighted by Crippen LogP contribution is -1.63. The largest absolute Gasteiger partial charge is 0.192 e. The van der Waals surface area contributed by atoms with Crippen LogP contribution in [0.4, 0.5) is 0 Å². The Morgan fingerprint density at radius 1 is 1.14 bits per heavy atom.